The smallest absolute Gasteiger partial charge is 0.411 e. The topological polar surface area (TPSA) is 58.6 Å². The third-order valence-electron chi connectivity index (χ3n) is 1.47. The lowest BCUT2D eigenvalue weighted by Crippen LogP contribution is -2.50. The van der Waals surface area contributed by atoms with Crippen LogP contribution in [0.25, 0.3) is 0 Å². The van der Waals surface area contributed by atoms with E-state index in [2.05, 4.69) is 10.1 Å². The van der Waals surface area contributed by atoms with E-state index in [1.54, 1.807) is 0 Å². The Kier molecular flexibility index (Phi) is 3.16. The molecule has 1 fully saturated rings. The molecule has 5 nitrogen and oxygen atoms in total. The van der Waals surface area contributed by atoms with Crippen molar-refractivity contribution in [2.75, 3.05) is 25.7 Å². The van der Waals surface area contributed by atoms with Crippen LogP contribution in [0.15, 0.2) is 0 Å². The van der Waals surface area contributed by atoms with Crippen LogP contribution in [-0.4, -0.2) is 42.6 Å². The summed E-state index contributed by atoms with van der Waals surface area (Å²) in [5.41, 5.74) is 0. The monoisotopic (exact) mass is 192 g/mol. The lowest BCUT2D eigenvalue weighted by atomic mass is 10.4. The second-order valence-electron chi connectivity index (χ2n) is 2.29. The maximum absolute atomic E-state index is 11.0. The molecule has 1 heterocycles. The van der Waals surface area contributed by atoms with Gasteiger partial charge in [-0.2, -0.15) is 0 Å². The van der Waals surface area contributed by atoms with Gasteiger partial charge >= 0.3 is 6.09 Å². The highest BCUT2D eigenvalue weighted by Crippen LogP contribution is 1.97. The largest absolute Gasteiger partial charge is 0.433 e. The van der Waals surface area contributed by atoms with E-state index >= 15 is 0 Å². The van der Waals surface area contributed by atoms with E-state index < -0.39 is 6.09 Å². The van der Waals surface area contributed by atoms with Crippen molar-refractivity contribution in [3.8, 4) is 0 Å². The predicted molar refractivity (Wildman–Crippen MR) is 41.8 cm³/mol. The minimum Gasteiger partial charge on any atom is -0.433 e. The summed E-state index contributed by atoms with van der Waals surface area (Å²) in [6, 6.07) is -0.184. The highest BCUT2D eigenvalue weighted by molar-refractivity contribution is 6.17. The fourth-order valence-electron chi connectivity index (χ4n) is 0.932. The van der Waals surface area contributed by atoms with Crippen molar-refractivity contribution in [3.63, 3.8) is 0 Å². The second-order valence-corrected chi connectivity index (χ2v) is 2.51. The summed E-state index contributed by atoms with van der Waals surface area (Å²) < 4.78 is 4.50. The van der Waals surface area contributed by atoms with Gasteiger partial charge in [0.2, 0.25) is 5.91 Å². The molecular weight excluding hydrogens is 184 g/mol. The number of halogens is 1. The number of carbonyl (C=O) groups is 2. The number of hydrogen-bond donors (Lipinski definition) is 1. The minimum absolute atomic E-state index is 0.0513. The van der Waals surface area contributed by atoms with Gasteiger partial charge in [0.05, 0.1) is 0 Å². The third-order valence-corrected chi connectivity index (χ3v) is 1.58. The summed E-state index contributed by atoms with van der Waals surface area (Å²) in [4.78, 5) is 23.1. The van der Waals surface area contributed by atoms with Crippen LogP contribution in [0.1, 0.15) is 0 Å². The summed E-state index contributed by atoms with van der Waals surface area (Å²) in [5.74, 6) is -0.173. The van der Waals surface area contributed by atoms with Gasteiger partial charge in [0, 0.05) is 13.1 Å². The van der Waals surface area contributed by atoms with Gasteiger partial charge in [-0.1, -0.05) is 11.6 Å². The maximum atomic E-state index is 11.0. The van der Waals surface area contributed by atoms with Crippen molar-refractivity contribution in [2.45, 2.75) is 0 Å². The van der Waals surface area contributed by atoms with Gasteiger partial charge < -0.3 is 10.1 Å². The average molecular weight is 193 g/mol. The molecule has 1 aliphatic rings. The summed E-state index contributed by atoms with van der Waals surface area (Å²) in [5, 5.41) is 2.59. The minimum atomic E-state index is -0.542. The molecule has 0 aromatic rings. The first-order valence-corrected chi connectivity index (χ1v) is 4.02. The zero-order valence-electron chi connectivity index (χ0n) is 6.38. The molecule has 0 bridgehead atoms. The van der Waals surface area contributed by atoms with Crippen molar-refractivity contribution < 1.29 is 14.3 Å². The fraction of sp³-hybridized carbons (Fsp3) is 0.667. The van der Waals surface area contributed by atoms with Gasteiger partial charge in [0.15, 0.2) is 6.07 Å². The summed E-state index contributed by atoms with van der Waals surface area (Å²) in [7, 11) is 0. The van der Waals surface area contributed by atoms with E-state index in [1.807, 2.05) is 0 Å². The molecule has 2 amide bonds. The van der Waals surface area contributed by atoms with Crippen molar-refractivity contribution in [1.82, 2.24) is 10.2 Å². The van der Waals surface area contributed by atoms with Gasteiger partial charge in [0.25, 0.3) is 0 Å². The summed E-state index contributed by atoms with van der Waals surface area (Å²) >= 11 is 5.18. The first-order chi connectivity index (χ1) is 5.74. The van der Waals surface area contributed by atoms with Crippen molar-refractivity contribution >= 4 is 23.6 Å². The fourth-order valence-corrected chi connectivity index (χ4v) is 1.03. The standard InChI is InChI=1S/C6H9ClN2O3/c7-4-12-6(11)9-2-1-8-5(10)3-9/h1-4H2,(H,8,10). The van der Waals surface area contributed by atoms with E-state index in [0.717, 1.165) is 0 Å². The van der Waals surface area contributed by atoms with Gasteiger partial charge in [-0.05, 0) is 0 Å². The molecule has 0 aromatic heterocycles. The van der Waals surface area contributed by atoms with Crippen LogP contribution < -0.4 is 5.32 Å². The first-order valence-electron chi connectivity index (χ1n) is 3.48. The lowest BCUT2D eigenvalue weighted by molar-refractivity contribution is -0.123. The van der Waals surface area contributed by atoms with E-state index in [9.17, 15) is 9.59 Å². The van der Waals surface area contributed by atoms with Crippen LogP contribution in [0.4, 0.5) is 4.79 Å². The average Bonchev–Trinajstić information content (AvgIpc) is 2.05. The number of carbonyl (C=O) groups excluding carboxylic acids is 2. The SMILES string of the molecule is O=C1CN(C(=O)OCCl)CCN1. The molecule has 0 spiro atoms. The van der Waals surface area contributed by atoms with Crippen LogP contribution in [-0.2, 0) is 9.53 Å². The second kappa shape index (κ2) is 4.15. The van der Waals surface area contributed by atoms with E-state index in [-0.39, 0.29) is 18.5 Å². The van der Waals surface area contributed by atoms with Crippen molar-refractivity contribution in [1.29, 1.82) is 0 Å². The van der Waals surface area contributed by atoms with Crippen LogP contribution in [0.3, 0.4) is 0 Å². The number of nitrogens with zero attached hydrogens (tertiary/aromatic N) is 1. The van der Waals surface area contributed by atoms with Crippen LogP contribution in [0.5, 0.6) is 0 Å². The molecule has 0 unspecified atom stereocenters. The van der Waals surface area contributed by atoms with Crippen molar-refractivity contribution in [2.24, 2.45) is 0 Å². The molecule has 12 heavy (non-hydrogen) atoms. The molecule has 0 aromatic carbocycles. The molecule has 0 atom stereocenters. The molecule has 0 radical (unpaired) electrons. The Balaban J connectivity index is 2.40. The van der Waals surface area contributed by atoms with E-state index in [4.69, 9.17) is 11.6 Å². The number of rotatable bonds is 1. The zero-order valence-corrected chi connectivity index (χ0v) is 7.13. The summed E-state index contributed by atoms with van der Waals surface area (Å²) in [6.07, 6.45) is -0.542. The Morgan fingerprint density at radius 2 is 2.50 bits per heavy atom. The number of ether oxygens (including phenoxy) is 1. The number of piperazine rings is 1. The van der Waals surface area contributed by atoms with Crippen LogP contribution in [0.2, 0.25) is 0 Å². The number of hydrogen-bond acceptors (Lipinski definition) is 3. The Bertz CT molecular complexity index is 197. The Morgan fingerprint density at radius 1 is 1.75 bits per heavy atom. The Labute approximate surface area is 74.6 Å². The first kappa shape index (κ1) is 9.12. The molecular formula is C6H9ClN2O3. The quantitative estimate of drug-likeness (QED) is 0.583. The van der Waals surface area contributed by atoms with Gasteiger partial charge in [-0.3, -0.25) is 9.69 Å². The predicted octanol–water partition coefficient (Wildman–Crippen LogP) is -0.249. The molecule has 1 aliphatic heterocycles. The normalized spacial score (nSPS) is 17.1. The van der Waals surface area contributed by atoms with E-state index in [1.165, 1.54) is 4.90 Å². The lowest BCUT2D eigenvalue weighted by Gasteiger charge is -2.25. The number of alkyl halides is 1. The van der Waals surface area contributed by atoms with Gasteiger partial charge in [0.1, 0.15) is 6.54 Å². The van der Waals surface area contributed by atoms with Gasteiger partial charge in [-0.25, -0.2) is 4.79 Å². The number of amides is 2. The highest BCUT2D eigenvalue weighted by atomic mass is 35.5. The third kappa shape index (κ3) is 2.27. The molecule has 1 rings (SSSR count). The van der Waals surface area contributed by atoms with Crippen LogP contribution >= 0.6 is 11.6 Å². The van der Waals surface area contributed by atoms with E-state index in [0.29, 0.717) is 13.1 Å². The molecule has 1 saturated heterocycles. The van der Waals surface area contributed by atoms with Crippen molar-refractivity contribution in [3.05, 3.63) is 0 Å². The zero-order chi connectivity index (χ0) is 8.97. The highest BCUT2D eigenvalue weighted by Gasteiger charge is 2.21. The summed E-state index contributed by atoms with van der Waals surface area (Å²) in [6.45, 7) is 0.993. The molecule has 1 N–H and O–H groups in total. The number of nitrogens with one attached hydrogen (secondary N) is 1. The maximum Gasteiger partial charge on any atom is 0.411 e. The molecule has 0 aliphatic carbocycles. The van der Waals surface area contributed by atoms with Crippen LogP contribution in [0, 0.1) is 0 Å². The van der Waals surface area contributed by atoms with Gasteiger partial charge in [-0.15, -0.1) is 0 Å². The molecule has 68 valence electrons. The Morgan fingerprint density at radius 3 is 3.08 bits per heavy atom. The molecule has 0 saturated carbocycles. The Hall–Kier alpha value is -0.970. The molecule has 6 heteroatoms.